The van der Waals surface area contributed by atoms with Crippen molar-refractivity contribution < 1.29 is 0 Å². The van der Waals surface area contributed by atoms with Crippen LogP contribution in [0.5, 0.6) is 0 Å². The minimum Gasteiger partial charge on any atom is -0.310 e. The van der Waals surface area contributed by atoms with E-state index in [9.17, 15) is 0 Å². The summed E-state index contributed by atoms with van der Waals surface area (Å²) in [6.45, 7) is 9.27. The van der Waals surface area contributed by atoms with Crippen LogP contribution < -0.4 is 4.90 Å². The highest BCUT2D eigenvalue weighted by Crippen LogP contribution is 2.57. The van der Waals surface area contributed by atoms with E-state index in [2.05, 4.69) is 148 Å². The van der Waals surface area contributed by atoms with Gasteiger partial charge in [0.05, 0.1) is 5.69 Å². The van der Waals surface area contributed by atoms with Gasteiger partial charge in [-0.1, -0.05) is 104 Å². The van der Waals surface area contributed by atoms with E-state index in [4.69, 9.17) is 0 Å². The molecule has 0 aromatic heterocycles. The van der Waals surface area contributed by atoms with Crippen LogP contribution >= 0.6 is 0 Å². The molecule has 1 nitrogen and oxygen atoms in total. The summed E-state index contributed by atoms with van der Waals surface area (Å²) in [5.74, 6) is 0. The molecule has 0 saturated carbocycles. The van der Waals surface area contributed by atoms with Crippen molar-refractivity contribution in [2.45, 2.75) is 58.8 Å². The normalized spacial score (nSPS) is 15.1. The molecule has 0 atom stereocenters. The van der Waals surface area contributed by atoms with Crippen LogP contribution in [0.2, 0.25) is 0 Å². The smallest absolute Gasteiger partial charge is 0.0543 e. The topological polar surface area (TPSA) is 3.24 Å². The van der Waals surface area contributed by atoms with Crippen LogP contribution in [0, 0.1) is 6.92 Å². The molecule has 208 valence electrons. The summed E-state index contributed by atoms with van der Waals surface area (Å²) in [5, 5.41) is 2.62. The van der Waals surface area contributed by atoms with Crippen molar-refractivity contribution in [1.82, 2.24) is 0 Å². The molecule has 0 unspecified atom stereocenters. The average Bonchev–Trinajstić information content (AvgIpc) is 3.32. The van der Waals surface area contributed by atoms with Crippen LogP contribution in [-0.4, -0.2) is 0 Å². The Kier molecular flexibility index (Phi) is 6.62. The van der Waals surface area contributed by atoms with Gasteiger partial charge >= 0.3 is 0 Å². The lowest BCUT2D eigenvalue weighted by molar-refractivity contribution is 0.491. The quantitative estimate of drug-likeness (QED) is 0.205. The Morgan fingerprint density at radius 3 is 2.12 bits per heavy atom. The molecule has 2 aliphatic carbocycles. The van der Waals surface area contributed by atoms with E-state index < -0.39 is 0 Å². The molecule has 0 fully saturated rings. The summed E-state index contributed by atoms with van der Waals surface area (Å²) in [4.78, 5) is 2.48. The van der Waals surface area contributed by atoms with E-state index in [-0.39, 0.29) is 5.41 Å². The standard InChI is InChI=1S/C41H39N/c1-5-41(6-2)37-23-15-14-22-36(37)40-35-21-13-12-20-34(35)39(27-38(40)41)42(30-17-8-7-9-18-30)31-24-25-33(29(4)26-31)32-19-11-10-16-28(32)3/h7-9,11-15,17-27H,5-6,10,16H2,1-4H3. The number of aryl methyl sites for hydroxylation is 1. The summed E-state index contributed by atoms with van der Waals surface area (Å²) in [6, 6.07) is 38.6. The number of anilines is 3. The minimum atomic E-state index is 0.00413. The van der Waals surface area contributed by atoms with Crippen molar-refractivity contribution >= 4 is 33.4 Å². The Morgan fingerprint density at radius 1 is 0.667 bits per heavy atom. The molecule has 0 bridgehead atoms. The summed E-state index contributed by atoms with van der Waals surface area (Å²) < 4.78 is 0. The number of fused-ring (bicyclic) bond motifs is 5. The third-order valence-corrected chi connectivity index (χ3v) is 9.90. The lowest BCUT2D eigenvalue weighted by Gasteiger charge is -2.33. The zero-order valence-electron chi connectivity index (χ0n) is 25.2. The van der Waals surface area contributed by atoms with Gasteiger partial charge in [0.15, 0.2) is 0 Å². The highest BCUT2D eigenvalue weighted by molar-refractivity contribution is 6.10. The number of allylic oxidation sites excluding steroid dienone is 4. The van der Waals surface area contributed by atoms with Gasteiger partial charge in [0, 0.05) is 22.2 Å². The second kappa shape index (κ2) is 10.5. The lowest BCUT2D eigenvalue weighted by Crippen LogP contribution is -2.23. The molecule has 2 aliphatic rings. The van der Waals surface area contributed by atoms with Crippen LogP contribution in [0.1, 0.15) is 68.7 Å². The maximum atomic E-state index is 2.53. The molecule has 0 aliphatic heterocycles. The van der Waals surface area contributed by atoms with Gasteiger partial charge in [-0.3, -0.25) is 0 Å². The fourth-order valence-electron chi connectivity index (χ4n) is 7.68. The van der Waals surface area contributed by atoms with E-state index in [0.717, 1.165) is 25.7 Å². The van der Waals surface area contributed by atoms with Crippen LogP contribution in [0.4, 0.5) is 17.1 Å². The number of benzene rings is 5. The van der Waals surface area contributed by atoms with Gasteiger partial charge in [-0.15, -0.1) is 0 Å². The molecule has 0 saturated heterocycles. The van der Waals surface area contributed by atoms with Crippen LogP contribution in [0.15, 0.2) is 121 Å². The Hall–Kier alpha value is -4.36. The molecular weight excluding hydrogens is 506 g/mol. The zero-order chi connectivity index (χ0) is 28.8. The second-order valence-corrected chi connectivity index (χ2v) is 12.0. The molecule has 7 rings (SSSR count). The maximum Gasteiger partial charge on any atom is 0.0543 e. The van der Waals surface area contributed by atoms with Crippen LogP contribution in [0.25, 0.3) is 27.5 Å². The molecule has 0 N–H and O–H groups in total. The Bertz CT molecular complexity index is 1870. The maximum absolute atomic E-state index is 2.53. The van der Waals surface area contributed by atoms with E-state index in [0.29, 0.717) is 0 Å². The van der Waals surface area contributed by atoms with Gasteiger partial charge in [-0.25, -0.2) is 0 Å². The Labute approximate surface area is 250 Å². The molecule has 1 heteroatoms. The van der Waals surface area contributed by atoms with Crippen molar-refractivity contribution in [2.24, 2.45) is 0 Å². The van der Waals surface area contributed by atoms with Crippen molar-refractivity contribution in [1.29, 1.82) is 0 Å². The first kappa shape index (κ1) is 26.5. The molecule has 0 radical (unpaired) electrons. The molecule has 5 aromatic rings. The lowest BCUT2D eigenvalue weighted by atomic mass is 9.73. The highest BCUT2D eigenvalue weighted by atomic mass is 15.1. The first-order valence-electron chi connectivity index (χ1n) is 15.6. The highest BCUT2D eigenvalue weighted by Gasteiger charge is 2.42. The first-order chi connectivity index (χ1) is 20.6. The minimum absolute atomic E-state index is 0.00413. The third-order valence-electron chi connectivity index (χ3n) is 9.90. The van der Waals surface area contributed by atoms with Crippen molar-refractivity contribution in [3.63, 3.8) is 0 Å². The number of hydrogen-bond acceptors (Lipinski definition) is 1. The summed E-state index contributed by atoms with van der Waals surface area (Å²) in [7, 11) is 0. The fourth-order valence-corrected chi connectivity index (χ4v) is 7.68. The van der Waals surface area contributed by atoms with E-state index >= 15 is 0 Å². The summed E-state index contributed by atoms with van der Waals surface area (Å²) >= 11 is 0. The van der Waals surface area contributed by atoms with Gasteiger partial charge in [-0.05, 0) is 114 Å². The van der Waals surface area contributed by atoms with Gasteiger partial charge in [0.25, 0.3) is 0 Å². The first-order valence-corrected chi connectivity index (χ1v) is 15.6. The van der Waals surface area contributed by atoms with Gasteiger partial charge in [0.1, 0.15) is 0 Å². The average molecular weight is 546 g/mol. The van der Waals surface area contributed by atoms with Gasteiger partial charge in [0.2, 0.25) is 0 Å². The van der Waals surface area contributed by atoms with Crippen LogP contribution in [-0.2, 0) is 5.41 Å². The molecule has 0 heterocycles. The van der Waals surface area contributed by atoms with Crippen molar-refractivity contribution in [3.8, 4) is 11.1 Å². The molecule has 0 spiro atoms. The van der Waals surface area contributed by atoms with Crippen molar-refractivity contribution in [2.75, 3.05) is 4.90 Å². The number of para-hydroxylation sites is 1. The third kappa shape index (κ3) is 3.98. The van der Waals surface area contributed by atoms with Gasteiger partial charge < -0.3 is 4.90 Å². The Morgan fingerprint density at radius 2 is 1.38 bits per heavy atom. The summed E-state index contributed by atoms with van der Waals surface area (Å²) in [5.41, 5.74) is 14.9. The number of rotatable bonds is 6. The molecular formula is C41H39N. The van der Waals surface area contributed by atoms with E-state index in [1.165, 1.54) is 72.4 Å². The Balaban J connectivity index is 1.51. The fraction of sp³-hybridized carbons (Fsp3) is 0.220. The largest absolute Gasteiger partial charge is 0.310 e. The van der Waals surface area contributed by atoms with Gasteiger partial charge in [-0.2, -0.15) is 0 Å². The number of nitrogens with zero attached hydrogens (tertiary/aromatic N) is 1. The predicted octanol–water partition coefficient (Wildman–Crippen LogP) is 11.8. The second-order valence-electron chi connectivity index (χ2n) is 12.0. The van der Waals surface area contributed by atoms with E-state index in [1.807, 2.05) is 0 Å². The van der Waals surface area contributed by atoms with Crippen LogP contribution in [0.3, 0.4) is 0 Å². The SMILES string of the molecule is CCC1(CC)c2ccccc2-c2c1cc(N(c1ccccc1)c1ccc(C3=C(C)CCC=C3)c(C)c1)c1ccccc21. The molecule has 5 aromatic carbocycles. The number of hydrogen-bond donors (Lipinski definition) is 0. The zero-order valence-corrected chi connectivity index (χ0v) is 25.2. The monoisotopic (exact) mass is 545 g/mol. The molecule has 42 heavy (non-hydrogen) atoms. The predicted molar refractivity (Wildman–Crippen MR) is 181 cm³/mol. The van der Waals surface area contributed by atoms with E-state index in [1.54, 1.807) is 0 Å². The molecule has 0 amide bonds. The summed E-state index contributed by atoms with van der Waals surface area (Å²) in [6.07, 6.45) is 9.06. The van der Waals surface area contributed by atoms with Crippen molar-refractivity contribution in [3.05, 3.63) is 143 Å².